The van der Waals surface area contributed by atoms with Gasteiger partial charge in [-0.1, -0.05) is 18.5 Å². The third-order valence-electron chi connectivity index (χ3n) is 3.04. The van der Waals surface area contributed by atoms with Crippen molar-refractivity contribution in [3.05, 3.63) is 28.8 Å². The van der Waals surface area contributed by atoms with Crippen molar-refractivity contribution in [3.63, 3.8) is 0 Å². The van der Waals surface area contributed by atoms with Gasteiger partial charge in [-0.25, -0.2) is 0 Å². The minimum atomic E-state index is -0.332. The molecule has 1 unspecified atom stereocenters. The minimum Gasteiger partial charge on any atom is -0.354 e. The molecule has 6 nitrogen and oxygen atoms in total. The van der Waals surface area contributed by atoms with E-state index in [1.54, 1.807) is 12.1 Å². The molecule has 0 bridgehead atoms. The van der Waals surface area contributed by atoms with Crippen LogP contribution in [-0.4, -0.2) is 24.4 Å². The summed E-state index contributed by atoms with van der Waals surface area (Å²) in [6.07, 6.45) is 1.09. The Morgan fingerprint density at radius 3 is 2.71 bits per heavy atom. The number of anilines is 1. The molecule has 2 amide bonds. The van der Waals surface area contributed by atoms with E-state index in [2.05, 4.69) is 16.1 Å². The molecule has 0 fully saturated rings. The molecule has 0 aliphatic rings. The highest BCUT2D eigenvalue weighted by Gasteiger charge is 2.12. The lowest BCUT2D eigenvalue weighted by molar-refractivity contribution is -0.121. The smallest absolute Gasteiger partial charge is 0.253 e. The minimum absolute atomic E-state index is 0.0899. The van der Waals surface area contributed by atoms with E-state index >= 15 is 0 Å². The Hall–Kier alpha value is -1.79. The molecule has 21 heavy (non-hydrogen) atoms. The normalized spacial score (nSPS) is 11.6. The predicted octanol–water partition coefficient (Wildman–Crippen LogP) is 1.66. The van der Waals surface area contributed by atoms with Crippen LogP contribution in [0, 0.1) is 0 Å². The maximum Gasteiger partial charge on any atom is 0.253 e. The van der Waals surface area contributed by atoms with Crippen LogP contribution in [0.2, 0.25) is 5.02 Å². The number of rotatable bonds is 7. The number of amides is 2. The molecule has 0 aliphatic carbocycles. The molecule has 1 rings (SSSR count). The second kappa shape index (κ2) is 8.49. The van der Waals surface area contributed by atoms with E-state index in [1.807, 2.05) is 13.8 Å². The molecule has 1 aromatic rings. The van der Waals surface area contributed by atoms with Crippen molar-refractivity contribution in [1.29, 1.82) is 0 Å². The summed E-state index contributed by atoms with van der Waals surface area (Å²) in [5.74, 6) is 4.93. The van der Waals surface area contributed by atoms with Gasteiger partial charge in [0.1, 0.15) is 0 Å². The van der Waals surface area contributed by atoms with E-state index in [9.17, 15) is 9.59 Å². The summed E-state index contributed by atoms with van der Waals surface area (Å²) < 4.78 is 0. The monoisotopic (exact) mass is 312 g/mol. The highest BCUT2D eigenvalue weighted by atomic mass is 35.5. The Morgan fingerprint density at radius 1 is 1.38 bits per heavy atom. The third kappa shape index (κ3) is 5.61. The Kier molecular flexibility index (Phi) is 6.98. The van der Waals surface area contributed by atoms with Gasteiger partial charge in [0.2, 0.25) is 5.91 Å². The van der Waals surface area contributed by atoms with Gasteiger partial charge in [-0.2, -0.15) is 0 Å². The Bertz CT molecular complexity index is 508. The summed E-state index contributed by atoms with van der Waals surface area (Å²) >= 11 is 5.86. The first-order chi connectivity index (χ1) is 9.97. The lowest BCUT2D eigenvalue weighted by atomic mass is 10.1. The average molecular weight is 313 g/mol. The summed E-state index contributed by atoms with van der Waals surface area (Å²) in [4.78, 5) is 23.6. The van der Waals surface area contributed by atoms with Gasteiger partial charge >= 0.3 is 0 Å². The van der Waals surface area contributed by atoms with Gasteiger partial charge in [-0.3, -0.25) is 15.4 Å². The number of nitrogen functional groups attached to an aromatic ring is 1. The number of halogens is 1. The standard InChI is InChI=1S/C14H21ClN4O2/c1-3-9(2)18-13(20)6-7-17-14(21)11-8-10(15)4-5-12(11)19-16/h4-5,8-9,19H,3,6-7,16H2,1-2H3,(H,17,21)(H,18,20). The first kappa shape index (κ1) is 17.3. The topological polar surface area (TPSA) is 96.2 Å². The van der Waals surface area contributed by atoms with Gasteiger partial charge in [0.25, 0.3) is 5.91 Å². The van der Waals surface area contributed by atoms with Gasteiger partial charge in [-0.05, 0) is 31.5 Å². The van der Waals surface area contributed by atoms with Gasteiger partial charge in [-0.15, -0.1) is 0 Å². The molecule has 116 valence electrons. The molecule has 0 aromatic heterocycles. The molecule has 1 atom stereocenters. The Balaban J connectivity index is 2.51. The second-order valence-electron chi connectivity index (χ2n) is 4.72. The quantitative estimate of drug-likeness (QED) is 0.455. The number of nitrogens with two attached hydrogens (primary N) is 1. The van der Waals surface area contributed by atoms with Gasteiger partial charge in [0.15, 0.2) is 0 Å². The lowest BCUT2D eigenvalue weighted by Gasteiger charge is -2.12. The molecule has 0 saturated carbocycles. The molecule has 0 radical (unpaired) electrons. The SMILES string of the molecule is CCC(C)NC(=O)CCNC(=O)c1cc(Cl)ccc1NN. The van der Waals surface area contributed by atoms with Crippen LogP contribution in [0.5, 0.6) is 0 Å². The number of nitrogens with one attached hydrogen (secondary N) is 3. The maximum absolute atomic E-state index is 12.0. The van der Waals surface area contributed by atoms with Crippen molar-refractivity contribution in [2.24, 2.45) is 5.84 Å². The van der Waals surface area contributed by atoms with Crippen molar-refractivity contribution in [3.8, 4) is 0 Å². The van der Waals surface area contributed by atoms with Crippen LogP contribution in [-0.2, 0) is 4.79 Å². The van der Waals surface area contributed by atoms with Crippen LogP contribution in [0.15, 0.2) is 18.2 Å². The van der Waals surface area contributed by atoms with Crippen molar-refractivity contribution in [1.82, 2.24) is 10.6 Å². The van der Waals surface area contributed by atoms with Crippen molar-refractivity contribution in [2.45, 2.75) is 32.7 Å². The molecule has 0 heterocycles. The number of hydrogen-bond donors (Lipinski definition) is 4. The molecule has 0 aliphatic heterocycles. The molecule has 5 N–H and O–H groups in total. The fourth-order valence-corrected chi connectivity index (χ4v) is 1.84. The summed E-state index contributed by atoms with van der Waals surface area (Å²) in [5.41, 5.74) is 3.25. The second-order valence-corrected chi connectivity index (χ2v) is 5.15. The summed E-state index contributed by atoms with van der Waals surface area (Å²) in [6.45, 7) is 4.17. The first-order valence-corrected chi connectivity index (χ1v) is 7.19. The summed E-state index contributed by atoms with van der Waals surface area (Å²) in [6, 6.07) is 4.90. The van der Waals surface area contributed by atoms with E-state index < -0.39 is 0 Å². The molecule has 1 aromatic carbocycles. The summed E-state index contributed by atoms with van der Waals surface area (Å²) in [5, 5.41) is 5.94. The highest BCUT2D eigenvalue weighted by molar-refractivity contribution is 6.31. The van der Waals surface area contributed by atoms with Gasteiger partial charge in [0, 0.05) is 24.0 Å². The van der Waals surface area contributed by atoms with Crippen LogP contribution >= 0.6 is 11.6 Å². The third-order valence-corrected chi connectivity index (χ3v) is 3.27. The van der Waals surface area contributed by atoms with E-state index in [0.717, 1.165) is 6.42 Å². The number of benzene rings is 1. The van der Waals surface area contributed by atoms with Crippen LogP contribution in [0.25, 0.3) is 0 Å². The van der Waals surface area contributed by atoms with E-state index in [0.29, 0.717) is 16.3 Å². The number of hydrogen-bond acceptors (Lipinski definition) is 4. The van der Waals surface area contributed by atoms with Crippen LogP contribution in [0.1, 0.15) is 37.0 Å². The van der Waals surface area contributed by atoms with Crippen LogP contribution < -0.4 is 21.9 Å². The van der Waals surface area contributed by atoms with Gasteiger partial charge < -0.3 is 16.1 Å². The molecular formula is C14H21ClN4O2. The Labute approximate surface area is 129 Å². The Morgan fingerprint density at radius 2 is 2.10 bits per heavy atom. The summed E-state index contributed by atoms with van der Waals surface area (Å²) in [7, 11) is 0. The lowest BCUT2D eigenvalue weighted by Crippen LogP contribution is -2.35. The molecular weight excluding hydrogens is 292 g/mol. The highest BCUT2D eigenvalue weighted by Crippen LogP contribution is 2.19. The average Bonchev–Trinajstić information content (AvgIpc) is 2.46. The molecule has 7 heteroatoms. The van der Waals surface area contributed by atoms with Crippen LogP contribution in [0.4, 0.5) is 5.69 Å². The fourth-order valence-electron chi connectivity index (χ4n) is 1.66. The molecule has 0 spiro atoms. The van der Waals surface area contributed by atoms with Gasteiger partial charge in [0.05, 0.1) is 11.3 Å². The number of hydrazine groups is 1. The van der Waals surface area contributed by atoms with Crippen molar-refractivity contribution >= 4 is 29.1 Å². The number of carbonyl (C=O) groups excluding carboxylic acids is 2. The van der Waals surface area contributed by atoms with E-state index in [-0.39, 0.29) is 30.8 Å². The zero-order chi connectivity index (χ0) is 15.8. The van der Waals surface area contributed by atoms with Crippen molar-refractivity contribution in [2.75, 3.05) is 12.0 Å². The zero-order valence-electron chi connectivity index (χ0n) is 12.2. The zero-order valence-corrected chi connectivity index (χ0v) is 13.0. The van der Waals surface area contributed by atoms with E-state index in [4.69, 9.17) is 17.4 Å². The fraction of sp³-hybridized carbons (Fsp3) is 0.429. The van der Waals surface area contributed by atoms with Crippen LogP contribution in [0.3, 0.4) is 0 Å². The first-order valence-electron chi connectivity index (χ1n) is 6.81. The maximum atomic E-state index is 12.0. The van der Waals surface area contributed by atoms with Crippen molar-refractivity contribution < 1.29 is 9.59 Å². The van der Waals surface area contributed by atoms with E-state index in [1.165, 1.54) is 6.07 Å². The predicted molar refractivity (Wildman–Crippen MR) is 84.1 cm³/mol. The largest absolute Gasteiger partial charge is 0.354 e. The number of carbonyl (C=O) groups is 2. The molecule has 0 saturated heterocycles.